The highest BCUT2D eigenvalue weighted by Gasteiger charge is 2.21. The zero-order valence-corrected chi connectivity index (χ0v) is 11.4. The van der Waals surface area contributed by atoms with Crippen LogP contribution in [-0.2, 0) is 14.4 Å². The molecule has 0 aromatic heterocycles. The summed E-state index contributed by atoms with van der Waals surface area (Å²) in [6.45, 7) is 0. The van der Waals surface area contributed by atoms with Gasteiger partial charge in [-0.3, -0.25) is 9.59 Å². The van der Waals surface area contributed by atoms with E-state index in [9.17, 15) is 14.4 Å². The van der Waals surface area contributed by atoms with Gasteiger partial charge >= 0.3 is 5.97 Å². The number of ether oxygens (including phenoxy) is 1. The van der Waals surface area contributed by atoms with Crippen molar-refractivity contribution >= 4 is 23.9 Å². The van der Waals surface area contributed by atoms with Crippen LogP contribution < -0.4 is 15.8 Å². The maximum Gasteiger partial charge on any atom is 0.326 e. The molecule has 1 rings (SSSR count). The molecule has 7 nitrogen and oxygen atoms in total. The van der Waals surface area contributed by atoms with E-state index in [1.807, 2.05) is 0 Å². The molecule has 0 saturated heterocycles. The quantitative estimate of drug-likeness (QED) is 0.618. The molecular weight excluding hydrogens is 276 g/mol. The Morgan fingerprint density at radius 3 is 2.62 bits per heavy atom. The number of para-hydroxylation sites is 1. The van der Waals surface area contributed by atoms with E-state index in [1.165, 1.54) is 13.2 Å². The third-order valence-electron chi connectivity index (χ3n) is 2.57. The van der Waals surface area contributed by atoms with E-state index < -0.39 is 30.2 Å². The first-order valence-corrected chi connectivity index (χ1v) is 6.06. The molecule has 1 aromatic rings. The zero-order chi connectivity index (χ0) is 15.8. The average molecular weight is 292 g/mol. The van der Waals surface area contributed by atoms with Gasteiger partial charge in [-0.05, 0) is 12.1 Å². The third-order valence-corrected chi connectivity index (χ3v) is 2.57. The van der Waals surface area contributed by atoms with Crippen molar-refractivity contribution in [2.75, 3.05) is 7.11 Å². The van der Waals surface area contributed by atoms with Crippen LogP contribution in [0.5, 0.6) is 5.75 Å². The summed E-state index contributed by atoms with van der Waals surface area (Å²) in [4.78, 5) is 33.3. The first-order chi connectivity index (χ1) is 9.93. The lowest BCUT2D eigenvalue weighted by Crippen LogP contribution is -2.42. The van der Waals surface area contributed by atoms with Gasteiger partial charge in [0.25, 0.3) is 0 Å². The summed E-state index contributed by atoms with van der Waals surface area (Å²) in [7, 11) is 1.50. The second-order valence-electron chi connectivity index (χ2n) is 4.15. The van der Waals surface area contributed by atoms with Crippen LogP contribution in [0.4, 0.5) is 0 Å². The van der Waals surface area contributed by atoms with E-state index in [0.717, 1.165) is 6.08 Å². The largest absolute Gasteiger partial charge is 0.496 e. The number of carboxylic acids is 1. The molecule has 0 aliphatic carbocycles. The van der Waals surface area contributed by atoms with Crippen molar-refractivity contribution < 1.29 is 24.2 Å². The smallest absolute Gasteiger partial charge is 0.326 e. The van der Waals surface area contributed by atoms with Crippen molar-refractivity contribution in [1.29, 1.82) is 0 Å². The summed E-state index contributed by atoms with van der Waals surface area (Å²) < 4.78 is 5.11. The highest BCUT2D eigenvalue weighted by molar-refractivity contribution is 5.95. The molecule has 0 aliphatic heterocycles. The van der Waals surface area contributed by atoms with Gasteiger partial charge in [-0.2, -0.15) is 0 Å². The Labute approximate surface area is 121 Å². The molecule has 2 amide bonds. The van der Waals surface area contributed by atoms with Crippen molar-refractivity contribution in [3.8, 4) is 5.75 Å². The van der Waals surface area contributed by atoms with E-state index in [4.69, 9.17) is 15.6 Å². The Hall–Kier alpha value is -2.83. The molecule has 0 aliphatic rings. The Balaban J connectivity index is 2.73. The summed E-state index contributed by atoms with van der Waals surface area (Å²) in [5.41, 5.74) is 5.59. The van der Waals surface area contributed by atoms with Crippen LogP contribution in [0, 0.1) is 0 Å². The number of primary amides is 1. The highest BCUT2D eigenvalue weighted by Crippen LogP contribution is 2.18. The van der Waals surface area contributed by atoms with E-state index in [1.54, 1.807) is 24.3 Å². The minimum Gasteiger partial charge on any atom is -0.496 e. The SMILES string of the molecule is COc1ccccc1C=CC(=O)N[C@@H](CC(N)=O)C(=O)O. The second kappa shape index (κ2) is 7.68. The molecule has 21 heavy (non-hydrogen) atoms. The van der Waals surface area contributed by atoms with Gasteiger partial charge < -0.3 is 20.9 Å². The van der Waals surface area contributed by atoms with Crippen molar-refractivity contribution in [3.05, 3.63) is 35.9 Å². The zero-order valence-electron chi connectivity index (χ0n) is 11.4. The normalized spacial score (nSPS) is 11.9. The molecule has 0 heterocycles. The van der Waals surface area contributed by atoms with E-state index >= 15 is 0 Å². The Morgan fingerprint density at radius 2 is 2.05 bits per heavy atom. The molecule has 112 valence electrons. The molecule has 0 fully saturated rings. The molecule has 0 saturated carbocycles. The summed E-state index contributed by atoms with van der Waals surface area (Å²) in [6.07, 6.45) is 2.18. The van der Waals surface area contributed by atoms with Gasteiger partial charge in [0, 0.05) is 11.6 Å². The minimum atomic E-state index is -1.35. The number of amides is 2. The van der Waals surface area contributed by atoms with Crippen LogP contribution in [0.3, 0.4) is 0 Å². The van der Waals surface area contributed by atoms with E-state index in [2.05, 4.69) is 5.32 Å². The lowest BCUT2D eigenvalue weighted by Gasteiger charge is -2.10. The van der Waals surface area contributed by atoms with Gasteiger partial charge in [0.2, 0.25) is 11.8 Å². The number of carbonyl (C=O) groups is 3. The molecule has 7 heteroatoms. The third kappa shape index (κ3) is 5.35. The van der Waals surface area contributed by atoms with Crippen molar-refractivity contribution in [2.24, 2.45) is 5.73 Å². The number of nitrogens with two attached hydrogens (primary N) is 1. The predicted octanol–water partition coefficient (Wildman–Crippen LogP) is 0.153. The number of rotatable bonds is 7. The fourth-order valence-electron chi connectivity index (χ4n) is 1.59. The molecule has 1 atom stereocenters. The van der Waals surface area contributed by atoms with Crippen LogP contribution in [0.2, 0.25) is 0 Å². The Morgan fingerprint density at radius 1 is 1.38 bits per heavy atom. The average Bonchev–Trinajstić information content (AvgIpc) is 2.44. The van der Waals surface area contributed by atoms with Crippen LogP contribution in [0.25, 0.3) is 6.08 Å². The molecular formula is C14H16N2O5. The van der Waals surface area contributed by atoms with Gasteiger partial charge in [0.15, 0.2) is 0 Å². The fourth-order valence-corrected chi connectivity index (χ4v) is 1.59. The first kappa shape index (κ1) is 16.2. The first-order valence-electron chi connectivity index (χ1n) is 6.06. The van der Waals surface area contributed by atoms with Crippen LogP contribution in [0.1, 0.15) is 12.0 Å². The highest BCUT2D eigenvalue weighted by atomic mass is 16.5. The van der Waals surface area contributed by atoms with Gasteiger partial charge in [-0.1, -0.05) is 18.2 Å². The lowest BCUT2D eigenvalue weighted by atomic mass is 10.1. The van der Waals surface area contributed by atoms with Gasteiger partial charge in [0.05, 0.1) is 13.5 Å². The molecule has 4 N–H and O–H groups in total. The van der Waals surface area contributed by atoms with Crippen LogP contribution >= 0.6 is 0 Å². The van der Waals surface area contributed by atoms with Gasteiger partial charge in [0.1, 0.15) is 11.8 Å². The number of hydrogen-bond acceptors (Lipinski definition) is 4. The van der Waals surface area contributed by atoms with Crippen LogP contribution in [0.15, 0.2) is 30.3 Å². The second-order valence-corrected chi connectivity index (χ2v) is 4.15. The van der Waals surface area contributed by atoms with Crippen molar-refractivity contribution in [3.63, 3.8) is 0 Å². The number of nitrogens with one attached hydrogen (secondary N) is 1. The fraction of sp³-hybridized carbons (Fsp3) is 0.214. The van der Waals surface area contributed by atoms with Crippen molar-refractivity contribution in [1.82, 2.24) is 5.32 Å². The maximum absolute atomic E-state index is 11.7. The maximum atomic E-state index is 11.7. The summed E-state index contributed by atoms with van der Waals surface area (Å²) in [5.74, 6) is -2.20. The number of aliphatic carboxylic acids is 1. The number of hydrogen-bond donors (Lipinski definition) is 3. The molecule has 0 radical (unpaired) electrons. The summed E-state index contributed by atoms with van der Waals surface area (Å²) in [6, 6.07) is 5.67. The number of benzene rings is 1. The van der Waals surface area contributed by atoms with Crippen molar-refractivity contribution in [2.45, 2.75) is 12.5 Å². The van der Waals surface area contributed by atoms with Gasteiger partial charge in [-0.25, -0.2) is 4.79 Å². The topological polar surface area (TPSA) is 119 Å². The number of carbonyl (C=O) groups excluding carboxylic acids is 2. The predicted molar refractivity (Wildman–Crippen MR) is 75.4 cm³/mol. The number of methoxy groups -OCH3 is 1. The summed E-state index contributed by atoms with van der Waals surface area (Å²) in [5, 5.41) is 11.1. The molecule has 0 bridgehead atoms. The monoisotopic (exact) mass is 292 g/mol. The van der Waals surface area contributed by atoms with Crippen LogP contribution in [-0.4, -0.2) is 36.0 Å². The molecule has 1 aromatic carbocycles. The lowest BCUT2D eigenvalue weighted by molar-refractivity contribution is -0.142. The van der Waals surface area contributed by atoms with E-state index in [0.29, 0.717) is 11.3 Å². The standard InChI is InChI=1S/C14H16N2O5/c1-21-11-5-3-2-4-9(11)6-7-13(18)16-10(14(19)20)8-12(15)17/h2-7,10H,8H2,1H3,(H2,15,17)(H,16,18)(H,19,20)/t10-/m0/s1. The Kier molecular flexibility index (Phi) is 5.94. The van der Waals surface area contributed by atoms with Gasteiger partial charge in [-0.15, -0.1) is 0 Å². The molecule has 0 spiro atoms. The Bertz CT molecular complexity index is 568. The number of carboxylic acid groups (broad SMARTS) is 1. The minimum absolute atomic E-state index is 0.469. The molecule has 0 unspecified atom stereocenters. The van der Waals surface area contributed by atoms with E-state index in [-0.39, 0.29) is 0 Å². The summed E-state index contributed by atoms with van der Waals surface area (Å²) >= 11 is 0.